The molecule has 0 saturated heterocycles. The fourth-order valence-electron chi connectivity index (χ4n) is 7.13. The van der Waals surface area contributed by atoms with Crippen LogP contribution in [0.2, 0.25) is 0 Å². The van der Waals surface area contributed by atoms with Crippen LogP contribution in [0.15, 0.2) is 0 Å². The molecular formula is C43H89O6P. The predicted octanol–water partition coefficient (Wildman–Crippen LogP) is 13.4. The first-order valence-electron chi connectivity index (χ1n) is 21.5. The molecule has 7 atom stereocenters. The zero-order valence-electron chi connectivity index (χ0n) is 35.1. The average molecular weight is 733 g/mol. The highest BCUT2D eigenvalue weighted by Gasteiger charge is 2.20. The van der Waals surface area contributed by atoms with Gasteiger partial charge in [0.2, 0.25) is 0 Å². The van der Waals surface area contributed by atoms with Gasteiger partial charge in [-0.3, -0.25) is 4.52 Å². The summed E-state index contributed by atoms with van der Waals surface area (Å²) < 4.78 is 28.1. The van der Waals surface area contributed by atoms with Gasteiger partial charge in [-0.2, -0.15) is 0 Å². The zero-order chi connectivity index (χ0) is 37.8. The lowest BCUT2D eigenvalue weighted by molar-refractivity contribution is -0.0462. The Morgan fingerprint density at radius 2 is 0.720 bits per heavy atom. The summed E-state index contributed by atoms with van der Waals surface area (Å²) in [7, 11) is -4.55. The van der Waals surface area contributed by atoms with Gasteiger partial charge in [-0.25, -0.2) is 4.57 Å². The molecule has 0 unspecified atom stereocenters. The van der Waals surface area contributed by atoms with Crippen molar-refractivity contribution in [3.8, 4) is 0 Å². The molecule has 50 heavy (non-hydrogen) atoms. The summed E-state index contributed by atoms with van der Waals surface area (Å²) in [5, 5.41) is 0. The summed E-state index contributed by atoms with van der Waals surface area (Å²) in [5.41, 5.74) is 0. The van der Waals surface area contributed by atoms with Crippen molar-refractivity contribution < 1.29 is 28.3 Å². The molecular weight excluding hydrogens is 643 g/mol. The Labute approximate surface area is 313 Å². The van der Waals surface area contributed by atoms with Gasteiger partial charge in [-0.1, -0.05) is 185 Å². The van der Waals surface area contributed by atoms with E-state index in [2.05, 4.69) is 69.2 Å². The normalized spacial score (nSPS) is 16.8. The second kappa shape index (κ2) is 31.4. The van der Waals surface area contributed by atoms with Crippen LogP contribution in [-0.2, 0) is 18.6 Å². The first-order valence-corrected chi connectivity index (χ1v) is 23.0. The lowest BCUT2D eigenvalue weighted by Gasteiger charge is -2.21. The molecule has 0 aromatic carbocycles. The summed E-state index contributed by atoms with van der Waals surface area (Å²) in [5.74, 6) is 6.10. The minimum absolute atomic E-state index is 0.156. The number of phosphoric ester groups is 1. The standard InChI is InChI=1S/C43H89O6P/c1-35(2)17-11-19-37(5)21-13-23-39(7)25-15-27-41(9)29-31-47-33-43(34-49-50(44,45)46)48-32-30-42(10)28-16-26-40(8)24-14-22-38(6)20-12-18-36(3)4/h35-43H,11-34H2,1-10H3,(H2,44,45,46)/t37-,38-,39-,40-,41-,42-,43+/m1/s1. The lowest BCUT2D eigenvalue weighted by atomic mass is 9.91. The Bertz CT molecular complexity index is 785. The van der Waals surface area contributed by atoms with Crippen molar-refractivity contribution in [1.29, 1.82) is 0 Å². The van der Waals surface area contributed by atoms with Crippen molar-refractivity contribution >= 4 is 7.82 Å². The second-order valence-corrected chi connectivity index (χ2v) is 19.2. The quantitative estimate of drug-likeness (QED) is 0.0493. The Morgan fingerprint density at radius 3 is 1.04 bits per heavy atom. The molecule has 6 nitrogen and oxygen atoms in total. The summed E-state index contributed by atoms with van der Waals surface area (Å²) in [4.78, 5) is 18.5. The van der Waals surface area contributed by atoms with Gasteiger partial charge in [0.05, 0.1) is 13.2 Å². The topological polar surface area (TPSA) is 85.2 Å². The first-order chi connectivity index (χ1) is 23.6. The van der Waals surface area contributed by atoms with Crippen LogP contribution in [0, 0.1) is 47.3 Å². The minimum atomic E-state index is -4.55. The Morgan fingerprint density at radius 1 is 0.420 bits per heavy atom. The van der Waals surface area contributed by atoms with Gasteiger partial charge in [-0.05, 0) is 60.2 Å². The molecule has 0 aliphatic heterocycles. The second-order valence-electron chi connectivity index (χ2n) is 17.9. The van der Waals surface area contributed by atoms with Crippen molar-refractivity contribution in [2.75, 3.05) is 26.4 Å². The van der Waals surface area contributed by atoms with Gasteiger partial charge in [0.25, 0.3) is 0 Å². The Balaban J connectivity index is 4.15. The van der Waals surface area contributed by atoms with Crippen LogP contribution in [0.3, 0.4) is 0 Å². The van der Waals surface area contributed by atoms with Gasteiger partial charge in [-0.15, -0.1) is 0 Å². The van der Waals surface area contributed by atoms with Gasteiger partial charge < -0.3 is 19.3 Å². The smallest absolute Gasteiger partial charge is 0.379 e. The van der Waals surface area contributed by atoms with Crippen molar-refractivity contribution in [2.24, 2.45) is 47.3 Å². The van der Waals surface area contributed by atoms with Crippen LogP contribution in [0.5, 0.6) is 0 Å². The Hall–Kier alpha value is 0.0300. The van der Waals surface area contributed by atoms with E-state index in [-0.39, 0.29) is 6.61 Å². The summed E-state index contributed by atoms with van der Waals surface area (Å²) in [6.45, 7) is 24.9. The third-order valence-electron chi connectivity index (χ3n) is 11.0. The number of ether oxygens (including phenoxy) is 2. The molecule has 7 heteroatoms. The van der Waals surface area contributed by atoms with E-state index in [9.17, 15) is 14.4 Å². The summed E-state index contributed by atoms with van der Waals surface area (Å²) in [6, 6.07) is 0. The number of phosphoric acid groups is 1. The van der Waals surface area contributed by atoms with Crippen molar-refractivity contribution in [3.05, 3.63) is 0 Å². The van der Waals surface area contributed by atoms with Gasteiger partial charge >= 0.3 is 7.82 Å². The van der Waals surface area contributed by atoms with Gasteiger partial charge in [0.1, 0.15) is 6.10 Å². The third kappa shape index (κ3) is 35.1. The Kier molecular flexibility index (Phi) is 31.4. The summed E-state index contributed by atoms with van der Waals surface area (Å²) in [6.07, 6.45) is 25.3. The largest absolute Gasteiger partial charge is 0.469 e. The third-order valence-corrected chi connectivity index (χ3v) is 11.5. The molecule has 0 bridgehead atoms. The molecule has 0 saturated carbocycles. The van der Waals surface area contributed by atoms with Crippen molar-refractivity contribution in [1.82, 2.24) is 0 Å². The van der Waals surface area contributed by atoms with E-state index in [1.54, 1.807) is 0 Å². The molecule has 0 rings (SSSR count). The predicted molar refractivity (Wildman–Crippen MR) is 216 cm³/mol. The molecule has 0 heterocycles. The maximum atomic E-state index is 11.3. The SMILES string of the molecule is CC(C)CCC[C@@H](C)CCC[C@@H](C)CCC[C@@H](C)CCOC[C@@H](COP(=O)(O)O)OCC[C@H](C)CCC[C@H](C)CCC[C@H](C)CCCC(C)C. The van der Waals surface area contributed by atoms with Gasteiger partial charge in [0.15, 0.2) is 0 Å². The molecule has 0 amide bonds. The van der Waals surface area contributed by atoms with E-state index in [1.807, 2.05) is 0 Å². The monoisotopic (exact) mass is 733 g/mol. The molecule has 2 N–H and O–H groups in total. The summed E-state index contributed by atoms with van der Waals surface area (Å²) >= 11 is 0. The highest BCUT2D eigenvalue weighted by molar-refractivity contribution is 7.46. The molecule has 0 radical (unpaired) electrons. The van der Waals surface area contributed by atoms with E-state index in [1.165, 1.54) is 116 Å². The van der Waals surface area contributed by atoms with Crippen LogP contribution in [0.4, 0.5) is 0 Å². The van der Waals surface area contributed by atoms with Crippen molar-refractivity contribution in [2.45, 2.75) is 204 Å². The number of hydrogen-bond donors (Lipinski definition) is 2. The fourth-order valence-corrected chi connectivity index (χ4v) is 7.49. The lowest BCUT2D eigenvalue weighted by Crippen LogP contribution is -2.26. The first kappa shape index (κ1) is 50.0. The average Bonchev–Trinajstić information content (AvgIpc) is 3.00. The minimum Gasteiger partial charge on any atom is -0.379 e. The van der Waals surface area contributed by atoms with Crippen LogP contribution < -0.4 is 0 Å². The van der Waals surface area contributed by atoms with E-state index >= 15 is 0 Å². The van der Waals surface area contributed by atoms with E-state index in [0.717, 1.165) is 48.3 Å². The fraction of sp³-hybridized carbons (Fsp3) is 1.00. The maximum absolute atomic E-state index is 11.3. The molecule has 0 aromatic heterocycles. The number of rotatable bonds is 36. The van der Waals surface area contributed by atoms with Crippen molar-refractivity contribution in [3.63, 3.8) is 0 Å². The zero-order valence-corrected chi connectivity index (χ0v) is 36.0. The molecule has 0 spiro atoms. The molecule has 0 aliphatic rings. The molecule has 302 valence electrons. The van der Waals surface area contributed by atoms with Crippen LogP contribution in [0.1, 0.15) is 198 Å². The van der Waals surface area contributed by atoms with Gasteiger partial charge in [0, 0.05) is 13.2 Å². The van der Waals surface area contributed by atoms with E-state index in [0.29, 0.717) is 31.7 Å². The molecule has 0 aliphatic carbocycles. The number of hydrogen-bond acceptors (Lipinski definition) is 4. The molecule has 0 aromatic rings. The van der Waals surface area contributed by atoms with Crippen LogP contribution in [-0.4, -0.2) is 42.3 Å². The van der Waals surface area contributed by atoms with E-state index in [4.69, 9.17) is 14.0 Å². The maximum Gasteiger partial charge on any atom is 0.469 e. The molecule has 0 fully saturated rings. The van der Waals surface area contributed by atoms with E-state index < -0.39 is 13.9 Å². The van der Waals surface area contributed by atoms with Crippen LogP contribution >= 0.6 is 7.82 Å². The van der Waals surface area contributed by atoms with Crippen LogP contribution in [0.25, 0.3) is 0 Å². The highest BCUT2D eigenvalue weighted by atomic mass is 31.2. The highest BCUT2D eigenvalue weighted by Crippen LogP contribution is 2.36.